The molecule has 2 aliphatic heterocycles. The molecule has 2 saturated heterocycles. The van der Waals surface area contributed by atoms with Crippen LogP contribution in [0.5, 0.6) is 5.19 Å². The van der Waals surface area contributed by atoms with Crippen LogP contribution in [-0.4, -0.2) is 48.3 Å². The largest absolute Gasteiger partial charge is 0.464 e. The molecule has 2 fully saturated rings. The zero-order valence-corrected chi connectivity index (χ0v) is 9.99. The highest BCUT2D eigenvalue weighted by atomic mass is 32.1. The van der Waals surface area contributed by atoms with Crippen LogP contribution in [0.25, 0.3) is 0 Å². The minimum Gasteiger partial charge on any atom is -0.464 e. The Balaban J connectivity index is 1.44. The smallest absolute Gasteiger partial charge is 0.273 e. The molecule has 3 heterocycles. The van der Waals surface area contributed by atoms with Crippen LogP contribution in [-0.2, 0) is 4.74 Å². The molecule has 3 rings (SSSR count). The summed E-state index contributed by atoms with van der Waals surface area (Å²) in [5.74, 6) is 0. The molecule has 16 heavy (non-hydrogen) atoms. The Morgan fingerprint density at radius 2 is 2.19 bits per heavy atom. The summed E-state index contributed by atoms with van der Waals surface area (Å²) in [4.78, 5) is 6.63. The molecular formula is C11H16N2O2S. The first-order chi connectivity index (χ1) is 7.92. The number of likely N-dealkylation sites (tertiary alicyclic amines) is 1. The Morgan fingerprint density at radius 1 is 1.38 bits per heavy atom. The van der Waals surface area contributed by atoms with Crippen LogP contribution < -0.4 is 4.74 Å². The monoisotopic (exact) mass is 240 g/mol. The van der Waals surface area contributed by atoms with Gasteiger partial charge >= 0.3 is 0 Å². The van der Waals surface area contributed by atoms with Crippen molar-refractivity contribution in [1.82, 2.24) is 9.88 Å². The molecule has 1 aromatic rings. The van der Waals surface area contributed by atoms with Gasteiger partial charge in [-0.1, -0.05) is 11.3 Å². The molecule has 0 saturated carbocycles. The highest BCUT2D eigenvalue weighted by Gasteiger charge is 2.34. The van der Waals surface area contributed by atoms with Gasteiger partial charge in [0.05, 0.1) is 0 Å². The third kappa shape index (κ3) is 2.21. The van der Waals surface area contributed by atoms with Gasteiger partial charge in [0.1, 0.15) is 6.10 Å². The predicted octanol–water partition coefficient (Wildman–Crippen LogP) is 1.39. The van der Waals surface area contributed by atoms with Crippen molar-refractivity contribution in [2.75, 3.05) is 26.3 Å². The van der Waals surface area contributed by atoms with Crippen molar-refractivity contribution in [3.63, 3.8) is 0 Å². The fraction of sp³-hybridized carbons (Fsp3) is 0.727. The molecule has 88 valence electrons. The molecular weight excluding hydrogens is 224 g/mol. The fourth-order valence-corrected chi connectivity index (χ4v) is 2.86. The van der Waals surface area contributed by atoms with Gasteiger partial charge in [0.2, 0.25) is 0 Å². The predicted molar refractivity (Wildman–Crippen MR) is 61.9 cm³/mol. The molecule has 0 N–H and O–H groups in total. The Hall–Kier alpha value is -0.650. The molecule has 1 aromatic heterocycles. The fourth-order valence-electron chi connectivity index (χ4n) is 2.30. The second kappa shape index (κ2) is 4.69. The van der Waals surface area contributed by atoms with Crippen molar-refractivity contribution < 1.29 is 9.47 Å². The van der Waals surface area contributed by atoms with Gasteiger partial charge < -0.3 is 9.47 Å². The Bertz CT molecular complexity index is 319. The number of aromatic nitrogens is 1. The van der Waals surface area contributed by atoms with Crippen LogP contribution in [0.2, 0.25) is 0 Å². The number of ether oxygens (including phenoxy) is 2. The lowest BCUT2D eigenvalue weighted by Gasteiger charge is -2.44. The highest BCUT2D eigenvalue weighted by Crippen LogP contribution is 2.24. The Kier molecular flexibility index (Phi) is 3.08. The second-order valence-corrected chi connectivity index (χ2v) is 5.19. The summed E-state index contributed by atoms with van der Waals surface area (Å²) in [6, 6.07) is 0.713. The lowest BCUT2D eigenvalue weighted by atomic mass is 10.0. The summed E-state index contributed by atoms with van der Waals surface area (Å²) in [6.45, 7) is 3.92. The van der Waals surface area contributed by atoms with Gasteiger partial charge in [0, 0.05) is 43.9 Å². The lowest BCUT2D eigenvalue weighted by molar-refractivity contribution is -0.0454. The van der Waals surface area contributed by atoms with Crippen molar-refractivity contribution in [3.05, 3.63) is 11.6 Å². The summed E-state index contributed by atoms with van der Waals surface area (Å²) in [5.41, 5.74) is 0. The summed E-state index contributed by atoms with van der Waals surface area (Å²) < 4.78 is 11.1. The average Bonchev–Trinajstić information content (AvgIpc) is 2.77. The van der Waals surface area contributed by atoms with E-state index < -0.39 is 0 Å². The summed E-state index contributed by atoms with van der Waals surface area (Å²) in [7, 11) is 0. The van der Waals surface area contributed by atoms with E-state index in [-0.39, 0.29) is 0 Å². The van der Waals surface area contributed by atoms with E-state index in [1.165, 1.54) is 12.8 Å². The molecule has 4 nitrogen and oxygen atoms in total. The molecule has 0 amide bonds. The number of nitrogens with zero attached hydrogens (tertiary/aromatic N) is 2. The van der Waals surface area contributed by atoms with Crippen molar-refractivity contribution in [1.29, 1.82) is 0 Å². The third-order valence-electron chi connectivity index (χ3n) is 3.26. The van der Waals surface area contributed by atoms with Crippen LogP contribution in [0.1, 0.15) is 12.8 Å². The van der Waals surface area contributed by atoms with E-state index in [2.05, 4.69) is 9.88 Å². The van der Waals surface area contributed by atoms with Crippen LogP contribution in [0, 0.1) is 0 Å². The van der Waals surface area contributed by atoms with E-state index in [0.717, 1.165) is 31.5 Å². The quantitative estimate of drug-likeness (QED) is 0.799. The van der Waals surface area contributed by atoms with Crippen LogP contribution >= 0.6 is 11.3 Å². The van der Waals surface area contributed by atoms with Crippen molar-refractivity contribution in [2.45, 2.75) is 25.0 Å². The SMILES string of the molecule is c1csc(OC2CN(C3CCOCC3)C2)n1. The van der Waals surface area contributed by atoms with Crippen LogP contribution in [0.15, 0.2) is 11.6 Å². The summed E-state index contributed by atoms with van der Waals surface area (Å²) in [5, 5.41) is 2.75. The summed E-state index contributed by atoms with van der Waals surface area (Å²) in [6.07, 6.45) is 4.47. The maximum absolute atomic E-state index is 5.75. The van der Waals surface area contributed by atoms with Gasteiger partial charge in [-0.3, -0.25) is 4.90 Å². The first kappa shape index (κ1) is 10.5. The van der Waals surface area contributed by atoms with E-state index in [0.29, 0.717) is 12.1 Å². The molecule has 0 spiro atoms. The molecule has 0 atom stereocenters. The molecule has 2 aliphatic rings. The number of thiazole rings is 1. The normalized spacial score (nSPS) is 24.2. The third-order valence-corrected chi connectivity index (χ3v) is 3.92. The lowest BCUT2D eigenvalue weighted by Crippen LogP contribution is -2.58. The molecule has 0 aliphatic carbocycles. The highest BCUT2D eigenvalue weighted by molar-refractivity contribution is 7.11. The van der Waals surface area contributed by atoms with E-state index in [1.807, 2.05) is 5.38 Å². The van der Waals surface area contributed by atoms with E-state index in [4.69, 9.17) is 9.47 Å². The first-order valence-corrected chi connectivity index (χ1v) is 6.68. The number of hydrogen-bond donors (Lipinski definition) is 0. The number of hydrogen-bond acceptors (Lipinski definition) is 5. The Morgan fingerprint density at radius 3 is 2.88 bits per heavy atom. The topological polar surface area (TPSA) is 34.6 Å². The molecule has 0 bridgehead atoms. The van der Waals surface area contributed by atoms with Gasteiger partial charge in [-0.25, -0.2) is 4.98 Å². The molecule has 5 heteroatoms. The van der Waals surface area contributed by atoms with Gasteiger partial charge in [0.25, 0.3) is 5.19 Å². The van der Waals surface area contributed by atoms with E-state index in [1.54, 1.807) is 17.5 Å². The van der Waals surface area contributed by atoms with E-state index in [9.17, 15) is 0 Å². The van der Waals surface area contributed by atoms with Crippen molar-refractivity contribution in [2.24, 2.45) is 0 Å². The van der Waals surface area contributed by atoms with Gasteiger partial charge in [-0.05, 0) is 12.8 Å². The maximum Gasteiger partial charge on any atom is 0.273 e. The second-order valence-electron chi connectivity index (χ2n) is 4.34. The van der Waals surface area contributed by atoms with Gasteiger partial charge in [-0.15, -0.1) is 0 Å². The zero-order valence-electron chi connectivity index (χ0n) is 9.17. The first-order valence-electron chi connectivity index (χ1n) is 5.80. The molecule has 0 radical (unpaired) electrons. The van der Waals surface area contributed by atoms with Crippen LogP contribution in [0.4, 0.5) is 0 Å². The molecule has 0 unspecified atom stereocenters. The standard InChI is InChI=1S/C11H16N2O2S/c1-4-14-5-2-9(1)13-7-10(8-13)15-11-12-3-6-16-11/h3,6,9-10H,1-2,4-5,7-8H2. The summed E-state index contributed by atoms with van der Waals surface area (Å²) >= 11 is 1.57. The number of rotatable bonds is 3. The zero-order chi connectivity index (χ0) is 10.8. The average molecular weight is 240 g/mol. The minimum absolute atomic E-state index is 0.342. The molecule has 0 aromatic carbocycles. The van der Waals surface area contributed by atoms with Gasteiger partial charge in [0.15, 0.2) is 0 Å². The maximum atomic E-state index is 5.75. The van der Waals surface area contributed by atoms with Crippen LogP contribution in [0.3, 0.4) is 0 Å². The van der Waals surface area contributed by atoms with Crippen molar-refractivity contribution >= 4 is 11.3 Å². The van der Waals surface area contributed by atoms with E-state index >= 15 is 0 Å². The van der Waals surface area contributed by atoms with Crippen molar-refractivity contribution in [3.8, 4) is 5.19 Å². The van der Waals surface area contributed by atoms with Gasteiger partial charge in [-0.2, -0.15) is 0 Å². The Labute approximate surface area is 99.2 Å². The minimum atomic E-state index is 0.342.